The number of hydrogen-bond donors (Lipinski definition) is 0. The lowest BCUT2D eigenvalue weighted by Crippen LogP contribution is -2.40. The molecule has 0 aromatic heterocycles. The Kier molecular flexibility index (Phi) is 18.1. The fourth-order valence-corrected chi connectivity index (χ4v) is 5.22. The second-order valence-corrected chi connectivity index (χ2v) is 12.0. The zero-order valence-electron chi connectivity index (χ0n) is 16.4. The minimum atomic E-state index is -3.53. The van der Waals surface area contributed by atoms with Gasteiger partial charge in [0.1, 0.15) is 12.6 Å². The van der Waals surface area contributed by atoms with Crippen molar-refractivity contribution in [1.82, 2.24) is 9.80 Å². The van der Waals surface area contributed by atoms with Gasteiger partial charge < -0.3 is 32.0 Å². The quantitative estimate of drug-likeness (QED) is 0.181. The van der Waals surface area contributed by atoms with Gasteiger partial charge in [-0.15, -0.1) is 0 Å². The van der Waals surface area contributed by atoms with Crippen molar-refractivity contribution in [3.63, 3.8) is 0 Å². The van der Waals surface area contributed by atoms with E-state index in [2.05, 4.69) is 0 Å². The molecule has 0 fully saturated rings. The van der Waals surface area contributed by atoms with Crippen LogP contribution in [0.15, 0.2) is 0 Å². The van der Waals surface area contributed by atoms with Crippen LogP contribution in [0.4, 0.5) is 0 Å². The summed E-state index contributed by atoms with van der Waals surface area (Å²) >= 11 is 0. The Labute approximate surface area is 174 Å². The largest absolute Gasteiger partial charge is 0.344 e. The average molecular weight is 486 g/mol. The van der Waals surface area contributed by atoms with E-state index in [0.29, 0.717) is 6.41 Å². The van der Waals surface area contributed by atoms with Crippen LogP contribution in [0.3, 0.4) is 0 Å². The van der Waals surface area contributed by atoms with Gasteiger partial charge in [0.05, 0.1) is 12.8 Å². The third-order valence-corrected chi connectivity index (χ3v) is 9.19. The molecule has 0 aromatic rings. The lowest BCUT2D eigenvalue weighted by molar-refractivity contribution is -0.119. The minimum absolute atomic E-state index is 0. The first-order valence-electron chi connectivity index (χ1n) is 7.62. The first kappa shape index (κ1) is 33.5. The number of amides is 1. The number of rotatable bonds is 16. The smallest absolute Gasteiger partial charge is 0.332 e. The molecule has 0 saturated heterocycles. The summed E-state index contributed by atoms with van der Waals surface area (Å²) in [6.07, 6.45) is -0.136. The van der Waals surface area contributed by atoms with Crippen molar-refractivity contribution < 1.29 is 45.6 Å². The molecule has 0 unspecified atom stereocenters. The minimum Gasteiger partial charge on any atom is -0.332 e. The van der Waals surface area contributed by atoms with Gasteiger partial charge in [0.2, 0.25) is 6.41 Å². The van der Waals surface area contributed by atoms with Gasteiger partial charge in [-0.1, -0.05) is 14.9 Å². The van der Waals surface area contributed by atoms with Gasteiger partial charge in [0.15, 0.2) is 0 Å². The van der Waals surface area contributed by atoms with Crippen LogP contribution in [0.5, 0.6) is 0 Å². The molecule has 12 nitrogen and oxygen atoms in total. The van der Waals surface area contributed by atoms with E-state index in [1.54, 1.807) is 0 Å². The zero-order valence-corrected chi connectivity index (χ0v) is 19.1. The van der Waals surface area contributed by atoms with E-state index in [9.17, 15) is 18.5 Å². The van der Waals surface area contributed by atoms with E-state index >= 15 is 0 Å². The number of carbonyl (C=O) groups is 1. The van der Waals surface area contributed by atoms with E-state index in [0.717, 1.165) is 0 Å². The first-order chi connectivity index (χ1) is 12.6. The summed E-state index contributed by atoms with van der Waals surface area (Å²) in [6, 6.07) is 0. The van der Waals surface area contributed by atoms with Crippen LogP contribution >= 0.6 is 22.8 Å². The van der Waals surface area contributed by atoms with Gasteiger partial charge in [-0.2, -0.15) is 0 Å². The molecule has 1 amide bonds. The van der Waals surface area contributed by atoms with Crippen molar-refractivity contribution >= 4 is 29.2 Å². The second kappa shape index (κ2) is 15.6. The van der Waals surface area contributed by atoms with Crippen LogP contribution in [-0.2, 0) is 45.6 Å². The van der Waals surface area contributed by atoms with E-state index < -0.39 is 22.8 Å². The maximum atomic E-state index is 12.5. The summed E-state index contributed by atoms with van der Waals surface area (Å²) in [6.45, 7) is -0.127. The van der Waals surface area contributed by atoms with Gasteiger partial charge in [-0.25, -0.2) is 0 Å². The molecule has 0 N–H and O–H groups in total. The molecule has 0 spiro atoms. The fourth-order valence-electron chi connectivity index (χ4n) is 1.93. The number of nitrogens with zero attached hydrogens (tertiary/aromatic N) is 2. The Hall–Kier alpha value is -0.120. The summed E-state index contributed by atoms with van der Waals surface area (Å²) in [5, 5.41) is 0. The van der Waals surface area contributed by atoms with Crippen LogP contribution in [0.1, 0.15) is 14.9 Å². The van der Waals surface area contributed by atoms with Gasteiger partial charge in [-0.3, -0.25) is 23.4 Å². The molecule has 0 radical (unpaired) electrons. The van der Waals surface area contributed by atoms with Gasteiger partial charge >= 0.3 is 22.8 Å². The van der Waals surface area contributed by atoms with Crippen LogP contribution in [-0.4, -0.2) is 90.8 Å². The molecule has 29 heavy (non-hydrogen) atoms. The topological polar surface area (TPSA) is 130 Å². The van der Waals surface area contributed by atoms with Crippen LogP contribution in [0.2, 0.25) is 0 Å². The molecule has 0 aliphatic carbocycles. The highest BCUT2D eigenvalue weighted by Gasteiger charge is 2.33. The second-order valence-electron chi connectivity index (χ2n) is 5.16. The Morgan fingerprint density at radius 1 is 0.690 bits per heavy atom. The van der Waals surface area contributed by atoms with Gasteiger partial charge in [0, 0.05) is 49.2 Å². The number of carbonyl (C=O) groups excluding carboxylic acids is 1. The molecule has 15 heteroatoms. The Morgan fingerprint density at radius 3 is 1.31 bits per heavy atom. The van der Waals surface area contributed by atoms with Crippen molar-refractivity contribution in [3.05, 3.63) is 0 Å². The lowest BCUT2D eigenvalue weighted by atomic mass is 10.6. The Balaban J connectivity index is -0.00000338. The molecule has 0 aliphatic heterocycles. The summed E-state index contributed by atoms with van der Waals surface area (Å²) in [4.78, 5) is 14.0. The Morgan fingerprint density at radius 2 is 1.03 bits per heavy atom. The van der Waals surface area contributed by atoms with Crippen LogP contribution < -0.4 is 0 Å². The van der Waals surface area contributed by atoms with Gasteiger partial charge in [-0.05, 0) is 0 Å². The summed E-state index contributed by atoms with van der Waals surface area (Å²) in [7, 11) is -3.07. The van der Waals surface area contributed by atoms with Crippen molar-refractivity contribution in [2.45, 2.75) is 14.9 Å². The van der Waals surface area contributed by atoms with E-state index in [1.165, 1.54) is 52.5 Å². The zero-order chi connectivity index (χ0) is 21.1. The lowest BCUT2D eigenvalue weighted by Gasteiger charge is -2.31. The molecule has 0 atom stereocenters. The normalized spacial score (nSPS) is 12.2. The molecule has 0 aliphatic rings. The Bertz CT molecular complexity index is 540. The summed E-state index contributed by atoms with van der Waals surface area (Å²) in [5.41, 5.74) is 0. The molecule has 0 aromatic carbocycles. The average Bonchev–Trinajstić information content (AvgIpc) is 2.70. The maximum Gasteiger partial charge on any atom is 0.344 e. The highest BCUT2D eigenvalue weighted by atomic mass is 31.2. The number of hydrogen-bond acceptors (Lipinski definition) is 11. The van der Waals surface area contributed by atoms with Crippen LogP contribution in [0, 0.1) is 0 Å². The molecule has 0 rings (SSSR count). The third kappa shape index (κ3) is 11.7. The SMILES string of the molecule is C.C.COP(=O)(CCN(C=O)CN(CP(=O)(OC)OC)CP(=O)(OC)OC)OC. The third-order valence-electron chi connectivity index (χ3n) is 3.61. The standard InChI is InChI=1S/C12H29N2O10P3.2CH4/c1-19-25(16,20-2)8-7-13(10-15)9-14(11-26(17,21-3)22-4)12-27(18,23-5)24-6;;/h10H,7-9,11-12H2,1-6H3;2*1H4. The molecule has 0 bridgehead atoms. The van der Waals surface area contributed by atoms with E-state index in [1.807, 2.05) is 0 Å². The maximum absolute atomic E-state index is 12.5. The van der Waals surface area contributed by atoms with Crippen molar-refractivity contribution in [2.75, 3.05) is 74.6 Å². The predicted molar refractivity (Wildman–Crippen MR) is 112 cm³/mol. The molecular weight excluding hydrogens is 449 g/mol. The fraction of sp³-hybridized carbons (Fsp3) is 0.929. The summed E-state index contributed by atoms with van der Waals surface area (Å²) < 4.78 is 66.3. The molecular formula is C14H37N2O10P3. The monoisotopic (exact) mass is 486 g/mol. The molecule has 178 valence electrons. The highest BCUT2D eigenvalue weighted by molar-refractivity contribution is 7.54. The molecule has 0 saturated carbocycles. The van der Waals surface area contributed by atoms with Crippen molar-refractivity contribution in [1.29, 1.82) is 0 Å². The first-order valence-corrected chi connectivity index (χ1v) is 12.8. The van der Waals surface area contributed by atoms with Crippen molar-refractivity contribution in [2.24, 2.45) is 0 Å². The summed E-state index contributed by atoms with van der Waals surface area (Å²) in [5.74, 6) is 0. The van der Waals surface area contributed by atoms with Crippen molar-refractivity contribution in [3.8, 4) is 0 Å². The molecule has 0 heterocycles. The predicted octanol–water partition coefficient (Wildman–Crippen LogP) is 3.35. The van der Waals surface area contributed by atoms with Crippen LogP contribution in [0.25, 0.3) is 0 Å². The van der Waals surface area contributed by atoms with E-state index in [-0.39, 0.29) is 46.8 Å². The van der Waals surface area contributed by atoms with Gasteiger partial charge in [0.25, 0.3) is 0 Å². The van der Waals surface area contributed by atoms with E-state index in [4.69, 9.17) is 27.1 Å². The highest BCUT2D eigenvalue weighted by Crippen LogP contribution is 2.51.